The largest absolute Gasteiger partial charge is 2.00 e. The molecular weight excluding hydrogens is 931 g/mol. The van der Waals surface area contributed by atoms with Crippen LogP contribution >= 0.6 is 0 Å². The van der Waals surface area contributed by atoms with Crippen LogP contribution < -0.4 is 32.8 Å². The van der Waals surface area contributed by atoms with Gasteiger partial charge in [-0.2, -0.15) is 79.0 Å². The minimum atomic E-state index is -0.165. The zero-order valence-corrected chi connectivity index (χ0v) is 36.2. The minimum Gasteiger partial charge on any atom is -0.328 e. The predicted molar refractivity (Wildman–Crippen MR) is 241 cm³/mol. The molecule has 0 N–H and O–H groups in total. The summed E-state index contributed by atoms with van der Waals surface area (Å²) in [5, 5.41) is 2.06. The second-order valence-corrected chi connectivity index (χ2v) is 14.6. The summed E-state index contributed by atoms with van der Waals surface area (Å²) >= 11 is 0. The fourth-order valence-electron chi connectivity index (χ4n) is 8.13. The molecule has 0 aliphatic carbocycles. The standard InChI is InChI=1S/C51H34B2N6.2Pd/c1-35-56-36(2)58-51(57-35)59-49-33-43(52(39-17-5-3-6-18-39)41-21-13-15-37(31-41)47-23-9-11-29-54-47)25-27-45(49)46-28-26-44(34-50(46)59)53(40-19-7-4-8-20-40)42-22-14-16-38(32-42)48-24-10-12-30-55-48;;/h3-30H,1-2H3;;/q-4;2*+2. The smallest absolute Gasteiger partial charge is 0.328 e. The monoisotopic (exact) mass is 964 g/mol. The average Bonchev–Trinajstić information content (AvgIpc) is 3.61. The summed E-state index contributed by atoms with van der Waals surface area (Å²) in [6.45, 7) is 3.48. The Labute approximate surface area is 384 Å². The summed E-state index contributed by atoms with van der Waals surface area (Å²) in [6, 6.07) is 69.6. The van der Waals surface area contributed by atoms with Crippen molar-refractivity contribution in [2.45, 2.75) is 13.8 Å². The van der Waals surface area contributed by atoms with E-state index in [4.69, 9.17) is 9.97 Å². The van der Waals surface area contributed by atoms with Crippen molar-refractivity contribution in [1.82, 2.24) is 29.5 Å². The van der Waals surface area contributed by atoms with E-state index in [9.17, 15) is 0 Å². The average molecular weight is 965 g/mol. The molecular formula is C51H34B2N6Pd2. The summed E-state index contributed by atoms with van der Waals surface area (Å²) in [7, 11) is 0. The van der Waals surface area contributed by atoms with Gasteiger partial charge in [0, 0.05) is 12.4 Å². The Morgan fingerprint density at radius 2 is 0.836 bits per heavy atom. The van der Waals surface area contributed by atoms with Gasteiger partial charge in [0.05, 0.1) is 0 Å². The first-order chi connectivity index (χ1) is 29.1. The number of nitrogens with zero attached hydrogens (tertiary/aromatic N) is 6. The number of benzene rings is 6. The number of fused-ring (bicyclic) bond motifs is 3. The molecule has 0 atom stereocenters. The molecule has 10 rings (SSSR count). The molecule has 4 heterocycles. The minimum absolute atomic E-state index is 0. The van der Waals surface area contributed by atoms with Crippen LogP contribution in [0.25, 0.3) is 50.3 Å². The van der Waals surface area contributed by atoms with Crippen LogP contribution in [-0.4, -0.2) is 42.9 Å². The first-order valence-electron chi connectivity index (χ1n) is 19.7. The van der Waals surface area contributed by atoms with Crippen LogP contribution in [0.2, 0.25) is 0 Å². The SMILES string of the molecule is Cc1nc(C)nc(-n2c3[c-]c(B(c4[c-]c(-c5ccccn5)ccc4)c4ccccc4)ccc3c3ccc(B(c4[c-]c(-c5ccccn5)ccc4)c4ccccc4)[c-]c32)n1.[Pd+2].[Pd+2]. The number of pyridine rings is 2. The van der Waals surface area contributed by atoms with Crippen LogP contribution in [0.3, 0.4) is 0 Å². The van der Waals surface area contributed by atoms with Crippen molar-refractivity contribution in [2.24, 2.45) is 0 Å². The van der Waals surface area contributed by atoms with Gasteiger partial charge in [-0.1, -0.05) is 107 Å². The molecule has 0 fully saturated rings. The first kappa shape index (κ1) is 41.6. The number of aromatic nitrogens is 6. The number of hydrogen-bond donors (Lipinski definition) is 0. The zero-order chi connectivity index (χ0) is 39.7. The third-order valence-electron chi connectivity index (χ3n) is 10.7. The fourth-order valence-corrected chi connectivity index (χ4v) is 8.13. The van der Waals surface area contributed by atoms with E-state index >= 15 is 0 Å². The molecule has 6 aromatic carbocycles. The second-order valence-electron chi connectivity index (χ2n) is 14.6. The van der Waals surface area contributed by atoms with Crippen LogP contribution in [-0.2, 0) is 40.8 Å². The van der Waals surface area contributed by atoms with E-state index in [-0.39, 0.29) is 54.3 Å². The normalized spacial score (nSPS) is 10.9. The number of aryl methyl sites for hydroxylation is 2. The summed E-state index contributed by atoms with van der Waals surface area (Å²) in [5.41, 5.74) is 11.6. The topological polar surface area (TPSA) is 69.4 Å². The Balaban J connectivity index is 0.00000257. The van der Waals surface area contributed by atoms with E-state index in [0.29, 0.717) is 17.6 Å². The third-order valence-corrected chi connectivity index (χ3v) is 10.7. The van der Waals surface area contributed by atoms with Crippen molar-refractivity contribution < 1.29 is 40.8 Å². The van der Waals surface area contributed by atoms with Crippen molar-refractivity contribution in [3.05, 3.63) is 206 Å². The van der Waals surface area contributed by atoms with Crippen LogP contribution in [0.15, 0.2) is 170 Å². The molecule has 0 radical (unpaired) electrons. The van der Waals surface area contributed by atoms with Crippen molar-refractivity contribution >= 4 is 68.0 Å². The maximum absolute atomic E-state index is 4.92. The summed E-state index contributed by atoms with van der Waals surface area (Å²) < 4.78 is 2.10. The molecule has 10 heteroatoms. The Hall–Kier alpha value is -6.12. The van der Waals surface area contributed by atoms with E-state index in [1.54, 1.807) is 0 Å². The van der Waals surface area contributed by atoms with Gasteiger partial charge in [-0.15, -0.1) is 59.7 Å². The Bertz CT molecular complexity index is 2890. The first-order valence-corrected chi connectivity index (χ1v) is 19.7. The van der Waals surface area contributed by atoms with E-state index in [1.807, 2.05) is 74.8 Å². The van der Waals surface area contributed by atoms with Gasteiger partial charge in [0.2, 0.25) is 5.95 Å². The molecule has 10 aromatic rings. The zero-order valence-electron chi connectivity index (χ0n) is 33.1. The van der Waals surface area contributed by atoms with Gasteiger partial charge in [-0.25, -0.2) is 4.98 Å². The Morgan fingerprint density at radius 1 is 0.410 bits per heavy atom. The summed E-state index contributed by atoms with van der Waals surface area (Å²) in [4.78, 5) is 23.6. The molecule has 0 saturated carbocycles. The van der Waals surface area contributed by atoms with Gasteiger partial charge >= 0.3 is 40.8 Å². The molecule has 0 spiro atoms. The van der Waals surface area contributed by atoms with Crippen molar-refractivity contribution in [3.8, 4) is 28.5 Å². The quantitative estimate of drug-likeness (QED) is 0.133. The van der Waals surface area contributed by atoms with Gasteiger partial charge in [0.25, 0.3) is 0 Å². The molecule has 0 amide bonds. The molecule has 0 aliphatic heterocycles. The maximum Gasteiger partial charge on any atom is 2.00 e. The number of rotatable bonds is 9. The van der Waals surface area contributed by atoms with Crippen LogP contribution in [0.1, 0.15) is 11.6 Å². The van der Waals surface area contributed by atoms with Crippen molar-refractivity contribution in [2.75, 3.05) is 0 Å². The maximum atomic E-state index is 4.92. The van der Waals surface area contributed by atoms with Crippen molar-refractivity contribution in [3.63, 3.8) is 0 Å². The van der Waals surface area contributed by atoms with Gasteiger partial charge in [-0.3, -0.25) is 0 Å². The molecule has 4 aromatic heterocycles. The third kappa shape index (κ3) is 8.34. The summed E-state index contributed by atoms with van der Waals surface area (Å²) in [6.07, 6.45) is 3.63. The van der Waals surface area contributed by atoms with E-state index in [0.717, 1.165) is 77.1 Å². The van der Waals surface area contributed by atoms with Gasteiger partial charge < -0.3 is 14.5 Å². The second kappa shape index (κ2) is 18.2. The Kier molecular flexibility index (Phi) is 12.4. The van der Waals surface area contributed by atoms with Crippen LogP contribution in [0.4, 0.5) is 0 Å². The number of hydrogen-bond acceptors (Lipinski definition) is 5. The van der Waals surface area contributed by atoms with Gasteiger partial charge in [0.1, 0.15) is 11.6 Å². The van der Waals surface area contributed by atoms with Gasteiger partial charge in [0.15, 0.2) is 13.4 Å². The Morgan fingerprint density at radius 3 is 1.26 bits per heavy atom. The molecule has 294 valence electrons. The molecule has 6 nitrogen and oxygen atoms in total. The van der Waals surface area contributed by atoms with E-state index < -0.39 is 0 Å². The van der Waals surface area contributed by atoms with Crippen LogP contribution in [0, 0.1) is 38.1 Å². The van der Waals surface area contributed by atoms with Gasteiger partial charge in [-0.05, 0) is 37.4 Å². The predicted octanol–water partition coefficient (Wildman–Crippen LogP) is 5.94. The molecule has 61 heavy (non-hydrogen) atoms. The van der Waals surface area contributed by atoms with E-state index in [2.05, 4.69) is 153 Å². The fraction of sp³-hybridized carbons (Fsp3) is 0.0392. The van der Waals surface area contributed by atoms with Crippen molar-refractivity contribution in [1.29, 1.82) is 0 Å². The molecule has 0 saturated heterocycles. The molecule has 0 unspecified atom stereocenters. The molecule has 0 aliphatic rings. The summed E-state index contributed by atoms with van der Waals surface area (Å²) in [5.74, 6) is 1.80. The van der Waals surface area contributed by atoms with E-state index in [1.165, 1.54) is 0 Å². The van der Waals surface area contributed by atoms with Crippen LogP contribution in [0.5, 0.6) is 0 Å². The molecule has 0 bridgehead atoms.